The molecule has 0 N–H and O–H groups in total. The van der Waals surface area contributed by atoms with Gasteiger partial charge in [0.2, 0.25) is 0 Å². The van der Waals surface area contributed by atoms with E-state index in [4.69, 9.17) is 13.9 Å². The van der Waals surface area contributed by atoms with Crippen molar-refractivity contribution in [2.45, 2.75) is 116 Å². The molecule has 3 nitrogen and oxygen atoms in total. The van der Waals surface area contributed by atoms with Crippen LogP contribution in [-0.2, 0) is 13.9 Å². The summed E-state index contributed by atoms with van der Waals surface area (Å²) >= 11 is 0. The van der Waals surface area contributed by atoms with E-state index in [-0.39, 0.29) is 10.8 Å². The van der Waals surface area contributed by atoms with Crippen LogP contribution in [0.4, 0.5) is 0 Å². The lowest BCUT2D eigenvalue weighted by atomic mass is 9.47. The van der Waals surface area contributed by atoms with Gasteiger partial charge in [-0.3, -0.25) is 0 Å². The first-order valence-corrected chi connectivity index (χ1v) is 16.0. The molecule has 0 amide bonds. The van der Waals surface area contributed by atoms with Gasteiger partial charge in [0.25, 0.3) is 0 Å². The largest absolute Gasteiger partial charge is 0.413 e. The summed E-state index contributed by atoms with van der Waals surface area (Å²) in [7, 11) is -1.74. The molecule has 5 rings (SSSR count). The highest BCUT2D eigenvalue weighted by molar-refractivity contribution is 6.74. The van der Waals surface area contributed by atoms with E-state index >= 15 is 0 Å². The minimum atomic E-state index is -1.74. The van der Waals surface area contributed by atoms with Gasteiger partial charge in [0, 0.05) is 12.8 Å². The maximum absolute atomic E-state index is 7.10. The number of ether oxygens (including phenoxy) is 2. The normalized spacial score (nSPS) is 44.5. The van der Waals surface area contributed by atoms with Crippen molar-refractivity contribution < 1.29 is 13.9 Å². The third-order valence-corrected chi connectivity index (χ3v) is 15.6. The molecule has 176 valence electrons. The van der Waals surface area contributed by atoms with E-state index in [1.54, 1.807) is 5.57 Å². The molecule has 4 fully saturated rings. The highest BCUT2D eigenvalue weighted by atomic mass is 28.4. The SMILES string of the molecule is CC12CCC3(CC1=CCC1C2CCC2(C)C(O[Si](C)(C)C(C)(C)C)CCC12)OCCO3. The van der Waals surface area contributed by atoms with Gasteiger partial charge in [0.1, 0.15) is 0 Å². The Balaban J connectivity index is 1.37. The lowest BCUT2D eigenvalue weighted by Crippen LogP contribution is -2.54. The number of hydrogen-bond donors (Lipinski definition) is 0. The van der Waals surface area contributed by atoms with Crippen molar-refractivity contribution in [3.05, 3.63) is 11.6 Å². The Labute approximate surface area is 191 Å². The maximum Gasteiger partial charge on any atom is 0.192 e. The van der Waals surface area contributed by atoms with Crippen LogP contribution in [0.3, 0.4) is 0 Å². The summed E-state index contributed by atoms with van der Waals surface area (Å²) in [5.74, 6) is 2.19. The molecule has 1 saturated heterocycles. The Bertz CT molecular complexity index is 746. The van der Waals surface area contributed by atoms with Gasteiger partial charge in [0.15, 0.2) is 14.1 Å². The van der Waals surface area contributed by atoms with Crippen LogP contribution in [0.2, 0.25) is 18.1 Å². The van der Waals surface area contributed by atoms with E-state index in [0.29, 0.717) is 16.9 Å². The second-order valence-electron chi connectivity index (χ2n) is 13.5. The van der Waals surface area contributed by atoms with E-state index < -0.39 is 8.32 Å². The van der Waals surface area contributed by atoms with Gasteiger partial charge in [-0.25, -0.2) is 0 Å². The second kappa shape index (κ2) is 7.17. The fourth-order valence-electron chi connectivity index (χ4n) is 8.03. The first-order chi connectivity index (χ1) is 14.4. The predicted molar refractivity (Wildman–Crippen MR) is 128 cm³/mol. The Kier molecular flexibility index (Phi) is 5.23. The first-order valence-electron chi connectivity index (χ1n) is 13.1. The molecule has 6 atom stereocenters. The lowest BCUT2D eigenvalue weighted by molar-refractivity contribution is -0.185. The zero-order valence-corrected chi connectivity index (χ0v) is 22.2. The monoisotopic (exact) mass is 446 g/mol. The van der Waals surface area contributed by atoms with Crippen molar-refractivity contribution in [3.63, 3.8) is 0 Å². The van der Waals surface area contributed by atoms with Gasteiger partial charge >= 0.3 is 0 Å². The fourth-order valence-corrected chi connectivity index (χ4v) is 9.48. The van der Waals surface area contributed by atoms with Crippen molar-refractivity contribution in [1.29, 1.82) is 0 Å². The van der Waals surface area contributed by atoms with Gasteiger partial charge in [-0.05, 0) is 85.2 Å². The molecule has 0 aromatic rings. The molecular formula is C27H46O3Si. The third-order valence-electron chi connectivity index (χ3n) is 11.1. The van der Waals surface area contributed by atoms with Crippen molar-refractivity contribution in [2.24, 2.45) is 28.6 Å². The standard InChI is InChI=1S/C27H46O3Si/c1-24(2,3)31(6,7)30-23-11-10-21-20-9-8-19-18-27(28-16-17-29-27)15-14-25(19,4)22(20)12-13-26(21,23)5/h8,20-23H,9-18H2,1-7H3. The van der Waals surface area contributed by atoms with Crippen LogP contribution in [-0.4, -0.2) is 33.4 Å². The Morgan fingerprint density at radius 2 is 1.68 bits per heavy atom. The second-order valence-corrected chi connectivity index (χ2v) is 18.3. The molecule has 1 aliphatic heterocycles. The predicted octanol–water partition coefficient (Wildman–Crippen LogP) is 7.08. The summed E-state index contributed by atoms with van der Waals surface area (Å²) in [5.41, 5.74) is 2.37. The molecule has 1 spiro atoms. The number of fused-ring (bicyclic) bond motifs is 5. The topological polar surface area (TPSA) is 27.7 Å². The van der Waals surface area contributed by atoms with E-state index in [1.165, 1.54) is 38.5 Å². The summed E-state index contributed by atoms with van der Waals surface area (Å²) in [4.78, 5) is 0. The summed E-state index contributed by atoms with van der Waals surface area (Å²) < 4.78 is 19.3. The Morgan fingerprint density at radius 3 is 2.35 bits per heavy atom. The molecule has 31 heavy (non-hydrogen) atoms. The van der Waals surface area contributed by atoms with Crippen LogP contribution >= 0.6 is 0 Å². The molecule has 4 aliphatic carbocycles. The smallest absolute Gasteiger partial charge is 0.192 e. The Morgan fingerprint density at radius 1 is 0.968 bits per heavy atom. The van der Waals surface area contributed by atoms with Crippen LogP contribution in [0.1, 0.15) is 86.0 Å². The number of rotatable bonds is 2. The van der Waals surface area contributed by atoms with E-state index in [9.17, 15) is 0 Å². The van der Waals surface area contributed by atoms with Crippen LogP contribution < -0.4 is 0 Å². The zero-order valence-electron chi connectivity index (χ0n) is 21.2. The lowest BCUT2D eigenvalue weighted by Gasteiger charge is -2.59. The van der Waals surface area contributed by atoms with Crippen LogP contribution in [0.5, 0.6) is 0 Å². The minimum absolute atomic E-state index is 0.289. The summed E-state index contributed by atoms with van der Waals surface area (Å²) in [6.45, 7) is 18.7. The third kappa shape index (κ3) is 3.37. The van der Waals surface area contributed by atoms with Gasteiger partial charge in [-0.1, -0.05) is 46.3 Å². The molecule has 0 aromatic heterocycles. The summed E-state index contributed by atoms with van der Waals surface area (Å²) in [6.07, 6.45) is 13.0. The molecule has 0 aromatic carbocycles. The molecule has 0 radical (unpaired) electrons. The van der Waals surface area contributed by atoms with Crippen molar-refractivity contribution in [3.8, 4) is 0 Å². The highest BCUT2D eigenvalue weighted by Gasteiger charge is 2.61. The van der Waals surface area contributed by atoms with E-state index in [1.807, 2.05) is 0 Å². The van der Waals surface area contributed by atoms with Gasteiger partial charge in [0.05, 0.1) is 19.3 Å². The average molecular weight is 447 g/mol. The molecule has 5 aliphatic rings. The van der Waals surface area contributed by atoms with Crippen LogP contribution in [0, 0.1) is 28.6 Å². The molecular weight excluding hydrogens is 400 g/mol. The molecule has 1 heterocycles. The van der Waals surface area contributed by atoms with Crippen molar-refractivity contribution in [1.82, 2.24) is 0 Å². The van der Waals surface area contributed by atoms with Crippen molar-refractivity contribution in [2.75, 3.05) is 13.2 Å². The van der Waals surface area contributed by atoms with Gasteiger partial charge in [-0.15, -0.1) is 0 Å². The number of allylic oxidation sites excluding steroid dienone is 1. The molecule has 0 bridgehead atoms. The van der Waals surface area contributed by atoms with E-state index in [2.05, 4.69) is 53.8 Å². The molecule has 3 saturated carbocycles. The molecule has 4 heteroatoms. The minimum Gasteiger partial charge on any atom is -0.413 e. The van der Waals surface area contributed by atoms with Gasteiger partial charge < -0.3 is 13.9 Å². The maximum atomic E-state index is 7.10. The number of hydrogen-bond acceptors (Lipinski definition) is 3. The van der Waals surface area contributed by atoms with E-state index in [0.717, 1.165) is 43.8 Å². The Hall–Kier alpha value is -0.163. The quantitative estimate of drug-likeness (QED) is 0.335. The summed E-state index contributed by atoms with van der Waals surface area (Å²) in [5, 5.41) is 0.289. The molecule has 6 unspecified atom stereocenters. The zero-order chi connectivity index (χ0) is 22.3. The fraction of sp³-hybridized carbons (Fsp3) is 0.926. The highest BCUT2D eigenvalue weighted by Crippen LogP contribution is 2.66. The van der Waals surface area contributed by atoms with Crippen LogP contribution in [0.25, 0.3) is 0 Å². The van der Waals surface area contributed by atoms with Crippen LogP contribution in [0.15, 0.2) is 11.6 Å². The first kappa shape index (κ1) is 22.6. The average Bonchev–Trinajstić information content (AvgIpc) is 3.26. The van der Waals surface area contributed by atoms with Crippen molar-refractivity contribution >= 4 is 8.32 Å². The van der Waals surface area contributed by atoms with Gasteiger partial charge in [-0.2, -0.15) is 0 Å². The summed E-state index contributed by atoms with van der Waals surface area (Å²) in [6, 6.07) is 0.